The quantitative estimate of drug-likeness (QED) is 0.861. The van der Waals surface area contributed by atoms with E-state index in [1.54, 1.807) is 0 Å². The van der Waals surface area contributed by atoms with Crippen molar-refractivity contribution >= 4 is 28.1 Å². The van der Waals surface area contributed by atoms with Gasteiger partial charge in [-0.25, -0.2) is 0 Å². The Kier molecular flexibility index (Phi) is 4.46. The zero-order valence-electron chi connectivity index (χ0n) is 12.2. The topological polar surface area (TPSA) is 42.1 Å². The molecule has 0 atom stereocenters. The van der Waals surface area contributed by atoms with Crippen molar-refractivity contribution in [2.75, 3.05) is 6.54 Å². The fourth-order valence-electron chi connectivity index (χ4n) is 3.24. The summed E-state index contributed by atoms with van der Waals surface area (Å²) in [7, 11) is 0. The van der Waals surface area contributed by atoms with Gasteiger partial charge >= 0.3 is 0 Å². The largest absolute Gasteiger partial charge is 0.392 e. The molecular weight excluding hydrogens is 278 g/mol. The predicted molar refractivity (Wildman–Crippen MR) is 91.2 cm³/mol. The molecule has 4 heteroatoms. The molecule has 1 aromatic carbocycles. The van der Waals surface area contributed by atoms with Crippen LogP contribution in [-0.4, -0.2) is 27.5 Å². The highest BCUT2D eigenvalue weighted by molar-refractivity contribution is 7.80. The van der Waals surface area contributed by atoms with Crippen LogP contribution in [0.25, 0.3) is 10.9 Å². The molecule has 2 aromatic rings. The van der Waals surface area contributed by atoms with E-state index in [0.29, 0.717) is 17.6 Å². The SMILES string of the molecule is NC(=S)CN(Cc1ccc2ncccc2c1)C1CCCC1. The summed E-state index contributed by atoms with van der Waals surface area (Å²) in [5.41, 5.74) is 8.13. The van der Waals surface area contributed by atoms with Gasteiger partial charge in [-0.2, -0.15) is 0 Å². The number of thiocarbonyl (C=S) groups is 1. The number of pyridine rings is 1. The predicted octanol–water partition coefficient (Wildman–Crippen LogP) is 3.27. The Bertz CT molecular complexity index is 635. The molecule has 0 radical (unpaired) electrons. The smallest absolute Gasteiger partial charge is 0.0870 e. The van der Waals surface area contributed by atoms with Crippen LogP contribution in [0.3, 0.4) is 0 Å². The van der Waals surface area contributed by atoms with Crippen molar-refractivity contribution in [3.8, 4) is 0 Å². The molecule has 0 bridgehead atoms. The Morgan fingerprint density at radius 3 is 2.86 bits per heavy atom. The van der Waals surface area contributed by atoms with E-state index < -0.39 is 0 Å². The molecule has 1 aliphatic carbocycles. The maximum atomic E-state index is 5.78. The first-order valence-corrected chi connectivity index (χ1v) is 7.99. The molecule has 0 spiro atoms. The summed E-state index contributed by atoms with van der Waals surface area (Å²) in [4.78, 5) is 7.40. The maximum absolute atomic E-state index is 5.78. The molecule has 3 rings (SSSR count). The van der Waals surface area contributed by atoms with Crippen LogP contribution in [0.2, 0.25) is 0 Å². The van der Waals surface area contributed by atoms with E-state index in [1.165, 1.54) is 36.6 Å². The fraction of sp³-hybridized carbons (Fsp3) is 0.412. The normalized spacial score (nSPS) is 15.9. The Morgan fingerprint density at radius 2 is 2.10 bits per heavy atom. The van der Waals surface area contributed by atoms with Crippen molar-refractivity contribution in [2.45, 2.75) is 38.3 Å². The van der Waals surface area contributed by atoms with Gasteiger partial charge in [0, 0.05) is 30.7 Å². The highest BCUT2D eigenvalue weighted by Crippen LogP contribution is 2.25. The molecule has 110 valence electrons. The van der Waals surface area contributed by atoms with Gasteiger partial charge in [0.1, 0.15) is 0 Å². The van der Waals surface area contributed by atoms with Crippen LogP contribution >= 0.6 is 12.2 Å². The molecule has 1 aliphatic rings. The lowest BCUT2D eigenvalue weighted by atomic mass is 10.1. The lowest BCUT2D eigenvalue weighted by Crippen LogP contribution is -2.38. The summed E-state index contributed by atoms with van der Waals surface area (Å²) in [5, 5.41) is 1.19. The monoisotopic (exact) mass is 299 g/mol. The summed E-state index contributed by atoms with van der Waals surface area (Å²) >= 11 is 5.13. The van der Waals surface area contributed by atoms with Crippen molar-refractivity contribution in [1.29, 1.82) is 0 Å². The number of benzene rings is 1. The molecule has 0 amide bonds. The van der Waals surface area contributed by atoms with Crippen molar-refractivity contribution in [2.24, 2.45) is 5.73 Å². The third-order valence-electron chi connectivity index (χ3n) is 4.25. The third-order valence-corrected chi connectivity index (χ3v) is 4.38. The highest BCUT2D eigenvalue weighted by atomic mass is 32.1. The van der Waals surface area contributed by atoms with Crippen LogP contribution in [0.15, 0.2) is 36.5 Å². The van der Waals surface area contributed by atoms with E-state index >= 15 is 0 Å². The van der Waals surface area contributed by atoms with Crippen LogP contribution in [0.1, 0.15) is 31.2 Å². The number of aromatic nitrogens is 1. The van der Waals surface area contributed by atoms with Crippen LogP contribution in [0, 0.1) is 0 Å². The van der Waals surface area contributed by atoms with Gasteiger partial charge in [0.2, 0.25) is 0 Å². The molecule has 21 heavy (non-hydrogen) atoms. The van der Waals surface area contributed by atoms with E-state index in [2.05, 4.69) is 34.1 Å². The van der Waals surface area contributed by atoms with Crippen molar-refractivity contribution in [3.63, 3.8) is 0 Å². The standard InChI is InChI=1S/C17H21N3S/c18-17(21)12-20(15-5-1-2-6-15)11-13-7-8-16-14(10-13)4-3-9-19-16/h3-4,7-10,15H,1-2,5-6,11-12H2,(H2,18,21). The van der Waals surface area contributed by atoms with E-state index in [0.717, 1.165) is 12.1 Å². The molecule has 2 N–H and O–H groups in total. The van der Waals surface area contributed by atoms with Crippen LogP contribution in [-0.2, 0) is 6.54 Å². The summed E-state index contributed by atoms with van der Waals surface area (Å²) < 4.78 is 0. The first-order valence-electron chi connectivity index (χ1n) is 7.58. The first kappa shape index (κ1) is 14.4. The summed E-state index contributed by atoms with van der Waals surface area (Å²) in [6.07, 6.45) is 7.00. The summed E-state index contributed by atoms with van der Waals surface area (Å²) in [6, 6.07) is 11.2. The average molecular weight is 299 g/mol. The zero-order chi connectivity index (χ0) is 14.7. The van der Waals surface area contributed by atoms with Gasteiger partial charge in [0.25, 0.3) is 0 Å². The molecule has 0 aliphatic heterocycles. The van der Waals surface area contributed by atoms with E-state index in [1.807, 2.05) is 12.3 Å². The minimum atomic E-state index is 0.587. The lowest BCUT2D eigenvalue weighted by Gasteiger charge is -2.28. The number of rotatable bonds is 5. The van der Waals surface area contributed by atoms with Gasteiger partial charge in [0.15, 0.2) is 0 Å². The Morgan fingerprint density at radius 1 is 1.29 bits per heavy atom. The number of hydrogen-bond acceptors (Lipinski definition) is 3. The average Bonchev–Trinajstić information content (AvgIpc) is 3.00. The van der Waals surface area contributed by atoms with Crippen molar-refractivity contribution < 1.29 is 0 Å². The lowest BCUT2D eigenvalue weighted by molar-refractivity contribution is 0.219. The molecule has 3 nitrogen and oxygen atoms in total. The van der Waals surface area contributed by atoms with Gasteiger partial charge in [-0.3, -0.25) is 9.88 Å². The summed E-state index contributed by atoms with van der Waals surface area (Å²) in [5.74, 6) is 0. The maximum Gasteiger partial charge on any atom is 0.0870 e. The van der Waals surface area contributed by atoms with Gasteiger partial charge < -0.3 is 5.73 Å². The number of nitrogens with zero attached hydrogens (tertiary/aromatic N) is 2. The molecule has 1 fully saturated rings. The first-order chi connectivity index (χ1) is 10.2. The van der Waals surface area contributed by atoms with Gasteiger partial charge in [-0.1, -0.05) is 37.2 Å². The number of fused-ring (bicyclic) bond motifs is 1. The minimum absolute atomic E-state index is 0.587. The van der Waals surface area contributed by atoms with Crippen molar-refractivity contribution in [1.82, 2.24) is 9.88 Å². The number of nitrogens with two attached hydrogens (primary N) is 1. The van der Waals surface area contributed by atoms with Gasteiger partial charge in [-0.15, -0.1) is 0 Å². The Hall–Kier alpha value is -1.52. The molecule has 0 unspecified atom stereocenters. The minimum Gasteiger partial charge on any atom is -0.392 e. The highest BCUT2D eigenvalue weighted by Gasteiger charge is 2.23. The molecule has 0 saturated heterocycles. The second-order valence-electron chi connectivity index (χ2n) is 5.84. The Labute approximate surface area is 131 Å². The van der Waals surface area contributed by atoms with Gasteiger partial charge in [0.05, 0.1) is 10.5 Å². The summed E-state index contributed by atoms with van der Waals surface area (Å²) in [6.45, 7) is 1.62. The van der Waals surface area contributed by atoms with Crippen LogP contribution < -0.4 is 5.73 Å². The Balaban J connectivity index is 1.80. The van der Waals surface area contributed by atoms with E-state index in [-0.39, 0.29) is 0 Å². The second kappa shape index (κ2) is 6.50. The molecule has 1 aromatic heterocycles. The molecule has 1 saturated carbocycles. The fourth-order valence-corrected chi connectivity index (χ4v) is 3.41. The molecule has 1 heterocycles. The molecular formula is C17H21N3S. The van der Waals surface area contributed by atoms with Crippen LogP contribution in [0.4, 0.5) is 0 Å². The van der Waals surface area contributed by atoms with E-state index in [4.69, 9.17) is 18.0 Å². The van der Waals surface area contributed by atoms with Crippen LogP contribution in [0.5, 0.6) is 0 Å². The number of hydrogen-bond donors (Lipinski definition) is 1. The zero-order valence-corrected chi connectivity index (χ0v) is 13.0. The van der Waals surface area contributed by atoms with E-state index in [9.17, 15) is 0 Å². The second-order valence-corrected chi connectivity index (χ2v) is 6.36. The van der Waals surface area contributed by atoms with Gasteiger partial charge in [-0.05, 0) is 36.6 Å². The third kappa shape index (κ3) is 3.57. The van der Waals surface area contributed by atoms with Crippen molar-refractivity contribution in [3.05, 3.63) is 42.1 Å².